The number of amidine groups is 1. The number of hydrogen-bond donors (Lipinski definition) is 1. The highest BCUT2D eigenvalue weighted by Crippen LogP contribution is 2.39. The van der Waals surface area contributed by atoms with Gasteiger partial charge in [-0.15, -0.1) is 0 Å². The van der Waals surface area contributed by atoms with Gasteiger partial charge in [-0.2, -0.15) is 0 Å². The molecule has 4 rings (SSSR count). The van der Waals surface area contributed by atoms with Crippen LogP contribution in [0, 0.1) is 10.1 Å². The number of hydrogen-bond acceptors (Lipinski definition) is 7. The summed E-state index contributed by atoms with van der Waals surface area (Å²) in [5, 5.41) is 14.1. The molecule has 1 aliphatic heterocycles. The summed E-state index contributed by atoms with van der Waals surface area (Å²) in [5.41, 5.74) is 2.29. The monoisotopic (exact) mass is 539 g/mol. The Hall–Kier alpha value is -3.63. The van der Waals surface area contributed by atoms with E-state index >= 15 is 0 Å². The Labute approximate surface area is 208 Å². The summed E-state index contributed by atoms with van der Waals surface area (Å²) in [4.78, 5) is 27.7. The van der Waals surface area contributed by atoms with Crippen LogP contribution >= 0.6 is 27.7 Å². The molecule has 0 bridgehead atoms. The minimum atomic E-state index is -0.448. The van der Waals surface area contributed by atoms with Gasteiger partial charge in [-0.05, 0) is 81.3 Å². The maximum atomic E-state index is 12.4. The summed E-state index contributed by atoms with van der Waals surface area (Å²) < 4.78 is 12.0. The van der Waals surface area contributed by atoms with Crippen LogP contribution in [0.2, 0.25) is 0 Å². The van der Waals surface area contributed by atoms with Crippen molar-refractivity contribution in [1.29, 1.82) is 0 Å². The van der Waals surface area contributed by atoms with E-state index in [0.717, 1.165) is 16.8 Å². The van der Waals surface area contributed by atoms with Gasteiger partial charge in [-0.3, -0.25) is 14.9 Å². The van der Waals surface area contributed by atoms with Crippen LogP contribution < -0.4 is 14.8 Å². The molecular formula is C24H18BrN3O5S. The molecule has 3 aromatic rings. The molecule has 1 heterocycles. The number of halogens is 1. The Kier molecular flexibility index (Phi) is 7.29. The molecule has 1 aliphatic rings. The molecule has 3 aromatic carbocycles. The first-order valence-electron chi connectivity index (χ1n) is 10.0. The van der Waals surface area contributed by atoms with E-state index in [1.54, 1.807) is 24.3 Å². The minimum Gasteiger partial charge on any atom is -0.493 e. The van der Waals surface area contributed by atoms with Crippen LogP contribution in [0.15, 0.2) is 81.1 Å². The van der Waals surface area contributed by atoms with Crippen molar-refractivity contribution in [2.45, 2.75) is 6.61 Å². The van der Waals surface area contributed by atoms with Gasteiger partial charge in [-0.25, -0.2) is 4.99 Å². The van der Waals surface area contributed by atoms with Gasteiger partial charge in [0.2, 0.25) is 0 Å². The van der Waals surface area contributed by atoms with Gasteiger partial charge < -0.3 is 14.8 Å². The Morgan fingerprint density at radius 2 is 1.88 bits per heavy atom. The maximum Gasteiger partial charge on any atom is 0.269 e. The van der Waals surface area contributed by atoms with E-state index in [0.29, 0.717) is 26.0 Å². The predicted molar refractivity (Wildman–Crippen MR) is 135 cm³/mol. The van der Waals surface area contributed by atoms with Crippen molar-refractivity contribution in [3.05, 3.63) is 97.3 Å². The zero-order valence-electron chi connectivity index (χ0n) is 17.9. The molecule has 10 heteroatoms. The first-order chi connectivity index (χ1) is 16.4. The fourth-order valence-corrected chi connectivity index (χ4v) is 4.50. The van der Waals surface area contributed by atoms with Crippen LogP contribution in [-0.4, -0.2) is 23.1 Å². The number of nitrogens with zero attached hydrogens (tertiary/aromatic N) is 2. The number of thioether (sulfide) groups is 1. The van der Waals surface area contributed by atoms with Crippen LogP contribution in [0.1, 0.15) is 11.1 Å². The molecule has 1 saturated heterocycles. The zero-order chi connectivity index (χ0) is 24.1. The molecule has 8 nitrogen and oxygen atoms in total. The van der Waals surface area contributed by atoms with Crippen LogP contribution in [0.3, 0.4) is 0 Å². The number of para-hydroxylation sites is 1. The Morgan fingerprint density at radius 1 is 1.15 bits per heavy atom. The quantitative estimate of drug-likeness (QED) is 0.230. The van der Waals surface area contributed by atoms with Crippen molar-refractivity contribution in [3.63, 3.8) is 0 Å². The first-order valence-corrected chi connectivity index (χ1v) is 11.6. The average Bonchev–Trinajstić information content (AvgIpc) is 3.17. The fourth-order valence-electron chi connectivity index (χ4n) is 3.08. The topological polar surface area (TPSA) is 103 Å². The number of ether oxygens (including phenoxy) is 2. The summed E-state index contributed by atoms with van der Waals surface area (Å²) in [6, 6.07) is 19.1. The van der Waals surface area contributed by atoms with Crippen molar-refractivity contribution >= 4 is 56.2 Å². The van der Waals surface area contributed by atoms with Crippen LogP contribution in [-0.2, 0) is 11.4 Å². The number of amides is 1. The molecule has 34 heavy (non-hydrogen) atoms. The van der Waals surface area contributed by atoms with Gasteiger partial charge in [0.15, 0.2) is 16.7 Å². The van der Waals surface area contributed by atoms with Crippen LogP contribution in [0.4, 0.5) is 11.4 Å². The molecule has 0 aliphatic carbocycles. The Bertz CT molecular complexity index is 1290. The van der Waals surface area contributed by atoms with E-state index in [9.17, 15) is 14.9 Å². The van der Waals surface area contributed by atoms with E-state index in [1.807, 2.05) is 36.4 Å². The van der Waals surface area contributed by atoms with Crippen molar-refractivity contribution in [1.82, 2.24) is 5.32 Å². The van der Waals surface area contributed by atoms with Gasteiger partial charge >= 0.3 is 0 Å². The maximum absolute atomic E-state index is 12.4. The lowest BCUT2D eigenvalue weighted by molar-refractivity contribution is -0.384. The van der Waals surface area contributed by atoms with Gasteiger partial charge in [0.1, 0.15) is 6.61 Å². The number of nitro benzene ring substituents is 1. The number of aliphatic imine (C=N–C) groups is 1. The highest BCUT2D eigenvalue weighted by atomic mass is 79.9. The Morgan fingerprint density at radius 3 is 2.56 bits per heavy atom. The van der Waals surface area contributed by atoms with Gasteiger partial charge in [0.25, 0.3) is 11.6 Å². The number of methoxy groups -OCH3 is 1. The van der Waals surface area contributed by atoms with Crippen molar-refractivity contribution in [2.75, 3.05) is 7.11 Å². The number of nitrogens with one attached hydrogen (secondary N) is 1. The predicted octanol–water partition coefficient (Wildman–Crippen LogP) is 5.84. The minimum absolute atomic E-state index is 0.0192. The van der Waals surface area contributed by atoms with E-state index in [1.165, 1.54) is 31.0 Å². The standard InChI is InChI=1S/C24H18BrN3O5S/c1-32-20-12-16(13-21-23(29)27-24(34-21)26-17-5-3-2-4-6-17)11-19(25)22(20)33-14-15-7-9-18(10-8-15)28(30)31/h2-13H,14H2,1H3,(H,26,27,29)/b21-13-. The summed E-state index contributed by atoms with van der Waals surface area (Å²) >= 11 is 4.77. The molecule has 0 saturated carbocycles. The summed E-state index contributed by atoms with van der Waals surface area (Å²) in [7, 11) is 1.53. The molecule has 1 N–H and O–H groups in total. The summed E-state index contributed by atoms with van der Waals surface area (Å²) in [6.07, 6.45) is 1.75. The molecule has 0 radical (unpaired) electrons. The van der Waals surface area contributed by atoms with Gasteiger partial charge in [0.05, 0.1) is 27.1 Å². The highest BCUT2D eigenvalue weighted by Gasteiger charge is 2.24. The second-order valence-electron chi connectivity index (χ2n) is 7.06. The molecular weight excluding hydrogens is 522 g/mol. The van der Waals surface area contributed by atoms with Crippen molar-refractivity contribution < 1.29 is 19.2 Å². The third kappa shape index (κ3) is 5.64. The van der Waals surface area contributed by atoms with Crippen LogP contribution in [0.5, 0.6) is 11.5 Å². The van der Waals surface area contributed by atoms with E-state index in [-0.39, 0.29) is 18.2 Å². The second kappa shape index (κ2) is 10.5. The van der Waals surface area contributed by atoms with Crippen LogP contribution in [0.25, 0.3) is 6.08 Å². The van der Waals surface area contributed by atoms with Crippen molar-refractivity contribution in [2.24, 2.45) is 4.99 Å². The van der Waals surface area contributed by atoms with E-state index < -0.39 is 4.92 Å². The lowest BCUT2D eigenvalue weighted by atomic mass is 10.1. The molecule has 0 spiro atoms. The summed E-state index contributed by atoms with van der Waals surface area (Å²) in [6.45, 7) is 0.199. The number of rotatable bonds is 7. The van der Waals surface area contributed by atoms with Crippen molar-refractivity contribution in [3.8, 4) is 11.5 Å². The number of carbonyl (C=O) groups is 1. The molecule has 0 aromatic heterocycles. The molecule has 172 valence electrons. The van der Waals surface area contributed by atoms with E-state index in [2.05, 4.69) is 26.2 Å². The largest absolute Gasteiger partial charge is 0.493 e. The second-order valence-corrected chi connectivity index (χ2v) is 8.95. The molecule has 1 amide bonds. The SMILES string of the molecule is COc1cc(/C=C2\SC(=Nc3ccccc3)NC2=O)cc(Br)c1OCc1ccc([N+](=O)[O-])cc1. The molecule has 0 atom stereocenters. The van der Waals surface area contributed by atoms with Gasteiger partial charge in [0, 0.05) is 12.1 Å². The first kappa shape index (κ1) is 23.5. The fraction of sp³-hybridized carbons (Fsp3) is 0.0833. The normalized spacial score (nSPS) is 15.4. The van der Waals surface area contributed by atoms with Gasteiger partial charge in [-0.1, -0.05) is 18.2 Å². The Balaban J connectivity index is 1.51. The smallest absolute Gasteiger partial charge is 0.269 e. The number of non-ortho nitro benzene ring substituents is 1. The third-order valence-corrected chi connectivity index (χ3v) is 6.22. The zero-order valence-corrected chi connectivity index (χ0v) is 20.3. The molecule has 1 fully saturated rings. The highest BCUT2D eigenvalue weighted by molar-refractivity contribution is 9.10. The third-order valence-electron chi connectivity index (χ3n) is 4.72. The lowest BCUT2D eigenvalue weighted by Crippen LogP contribution is -2.19. The number of benzene rings is 3. The van der Waals surface area contributed by atoms with E-state index in [4.69, 9.17) is 9.47 Å². The number of carbonyl (C=O) groups excluding carboxylic acids is 1. The lowest BCUT2D eigenvalue weighted by Gasteiger charge is -2.14. The summed E-state index contributed by atoms with van der Waals surface area (Å²) in [5.74, 6) is 0.732. The number of nitro groups is 1. The average molecular weight is 540 g/mol. The molecule has 0 unspecified atom stereocenters.